The van der Waals surface area contributed by atoms with Crippen molar-refractivity contribution in [2.75, 3.05) is 7.11 Å². The molecule has 0 amide bonds. The number of ether oxygens (including phenoxy) is 2. The molecule has 0 aliphatic carbocycles. The van der Waals surface area contributed by atoms with Gasteiger partial charge in [0.05, 0.1) is 7.11 Å². The molecule has 1 atom stereocenters. The lowest BCUT2D eigenvalue weighted by atomic mass is 10.1. The van der Waals surface area contributed by atoms with E-state index in [2.05, 4.69) is 11.6 Å². The predicted octanol–water partition coefficient (Wildman–Crippen LogP) is 3.73. The molecule has 1 aliphatic rings. The van der Waals surface area contributed by atoms with E-state index in [0.29, 0.717) is 11.7 Å². The summed E-state index contributed by atoms with van der Waals surface area (Å²) in [6.45, 7) is 3.96. The molecule has 2 aromatic carbocycles. The maximum atomic E-state index is 5.70. The van der Waals surface area contributed by atoms with E-state index in [4.69, 9.17) is 9.47 Å². The van der Waals surface area contributed by atoms with E-state index >= 15 is 0 Å². The molecular weight excluding hydrogens is 250 g/mol. The van der Waals surface area contributed by atoms with Crippen LogP contribution in [0.1, 0.15) is 17.2 Å². The summed E-state index contributed by atoms with van der Waals surface area (Å²) >= 11 is 0. The fourth-order valence-electron chi connectivity index (χ4n) is 2.16. The van der Waals surface area contributed by atoms with Crippen LogP contribution in [-0.2, 0) is 4.74 Å². The molecule has 1 aliphatic heterocycles. The summed E-state index contributed by atoms with van der Waals surface area (Å²) < 4.78 is 10.9. The van der Waals surface area contributed by atoms with Crippen LogP contribution in [0.5, 0.6) is 5.75 Å². The van der Waals surface area contributed by atoms with E-state index in [1.54, 1.807) is 7.11 Å². The van der Waals surface area contributed by atoms with Crippen LogP contribution in [0.2, 0.25) is 0 Å². The van der Waals surface area contributed by atoms with Gasteiger partial charge in [0.25, 0.3) is 0 Å². The lowest BCUT2D eigenvalue weighted by molar-refractivity contribution is 0.413. The third kappa shape index (κ3) is 2.30. The van der Waals surface area contributed by atoms with E-state index in [1.807, 2.05) is 54.6 Å². The van der Waals surface area contributed by atoms with Crippen LogP contribution in [-0.4, -0.2) is 13.0 Å². The van der Waals surface area contributed by atoms with Crippen molar-refractivity contribution in [3.8, 4) is 5.75 Å². The molecule has 20 heavy (non-hydrogen) atoms. The molecule has 1 unspecified atom stereocenters. The van der Waals surface area contributed by atoms with Crippen LogP contribution in [0.4, 0.5) is 0 Å². The first-order valence-corrected chi connectivity index (χ1v) is 6.42. The average Bonchev–Trinajstić information content (AvgIpc) is 2.90. The van der Waals surface area contributed by atoms with Gasteiger partial charge in [-0.1, -0.05) is 36.9 Å². The minimum Gasteiger partial charge on any atom is -0.497 e. The fourth-order valence-corrected chi connectivity index (χ4v) is 2.16. The Kier molecular flexibility index (Phi) is 3.25. The van der Waals surface area contributed by atoms with Crippen LogP contribution >= 0.6 is 0 Å². The number of aliphatic imine (C=N–C) groups is 1. The molecule has 100 valence electrons. The molecular formula is C17H15NO2. The smallest absolute Gasteiger partial charge is 0.222 e. The molecule has 1 heterocycles. The van der Waals surface area contributed by atoms with Gasteiger partial charge in [0.2, 0.25) is 5.90 Å². The summed E-state index contributed by atoms with van der Waals surface area (Å²) in [7, 11) is 1.65. The third-order valence-electron chi connectivity index (χ3n) is 3.23. The topological polar surface area (TPSA) is 30.8 Å². The Balaban J connectivity index is 1.90. The van der Waals surface area contributed by atoms with Crippen molar-refractivity contribution >= 4 is 5.90 Å². The molecule has 0 saturated heterocycles. The summed E-state index contributed by atoms with van der Waals surface area (Å²) in [5.41, 5.74) is 2.01. The highest BCUT2D eigenvalue weighted by atomic mass is 16.5. The number of nitrogens with zero attached hydrogens (tertiary/aromatic N) is 1. The van der Waals surface area contributed by atoms with E-state index < -0.39 is 0 Å². The standard InChI is InChI=1S/C17H15NO2/c1-12-16(13-8-10-15(19-2)11-9-13)18-17(20-12)14-6-4-3-5-7-14/h3-11,16H,1H2,2H3. The number of rotatable bonds is 3. The largest absolute Gasteiger partial charge is 0.497 e. The quantitative estimate of drug-likeness (QED) is 0.846. The van der Waals surface area contributed by atoms with Crippen molar-refractivity contribution in [2.24, 2.45) is 4.99 Å². The van der Waals surface area contributed by atoms with Gasteiger partial charge in [0.1, 0.15) is 17.6 Å². The number of hydrogen-bond acceptors (Lipinski definition) is 3. The predicted molar refractivity (Wildman–Crippen MR) is 78.9 cm³/mol. The van der Waals surface area contributed by atoms with E-state index in [-0.39, 0.29) is 6.04 Å². The minimum atomic E-state index is -0.156. The Hall–Kier alpha value is -2.55. The van der Waals surface area contributed by atoms with Gasteiger partial charge in [-0.3, -0.25) is 0 Å². The Morgan fingerprint density at radius 3 is 2.40 bits per heavy atom. The first kappa shape index (κ1) is 12.5. The van der Waals surface area contributed by atoms with Gasteiger partial charge in [-0.15, -0.1) is 0 Å². The van der Waals surface area contributed by atoms with Gasteiger partial charge in [-0.2, -0.15) is 0 Å². The monoisotopic (exact) mass is 265 g/mol. The Labute approximate surface area is 118 Å². The molecule has 0 radical (unpaired) electrons. The van der Waals surface area contributed by atoms with E-state index in [0.717, 1.165) is 16.9 Å². The maximum Gasteiger partial charge on any atom is 0.222 e. The van der Waals surface area contributed by atoms with E-state index in [1.165, 1.54) is 0 Å². The second kappa shape index (κ2) is 5.21. The molecule has 0 saturated carbocycles. The summed E-state index contributed by atoms with van der Waals surface area (Å²) in [6.07, 6.45) is 0. The molecule has 0 spiro atoms. The molecule has 3 heteroatoms. The first-order chi connectivity index (χ1) is 9.78. The maximum absolute atomic E-state index is 5.70. The summed E-state index contributed by atoms with van der Waals surface area (Å²) in [6, 6.07) is 17.5. The van der Waals surface area contributed by atoms with Crippen LogP contribution in [0, 0.1) is 0 Å². The Morgan fingerprint density at radius 1 is 1.05 bits per heavy atom. The van der Waals surface area contributed by atoms with Crippen molar-refractivity contribution in [1.82, 2.24) is 0 Å². The van der Waals surface area contributed by atoms with Crippen LogP contribution in [0.3, 0.4) is 0 Å². The average molecular weight is 265 g/mol. The van der Waals surface area contributed by atoms with Crippen molar-refractivity contribution < 1.29 is 9.47 Å². The fraction of sp³-hybridized carbons (Fsp3) is 0.118. The molecule has 2 aromatic rings. The van der Waals surface area contributed by atoms with Gasteiger partial charge >= 0.3 is 0 Å². The molecule has 3 nitrogen and oxygen atoms in total. The van der Waals surface area contributed by atoms with Gasteiger partial charge in [0.15, 0.2) is 0 Å². The number of methoxy groups -OCH3 is 1. The third-order valence-corrected chi connectivity index (χ3v) is 3.23. The van der Waals surface area contributed by atoms with Crippen molar-refractivity contribution in [3.05, 3.63) is 78.1 Å². The molecule has 0 fully saturated rings. The Bertz CT molecular complexity index is 644. The van der Waals surface area contributed by atoms with Gasteiger partial charge < -0.3 is 9.47 Å². The zero-order valence-electron chi connectivity index (χ0n) is 11.2. The number of hydrogen-bond donors (Lipinski definition) is 0. The van der Waals surface area contributed by atoms with Gasteiger partial charge in [-0.05, 0) is 29.8 Å². The van der Waals surface area contributed by atoms with Crippen LogP contribution < -0.4 is 4.74 Å². The summed E-state index contributed by atoms with van der Waals surface area (Å²) in [5.74, 6) is 2.09. The molecule has 3 rings (SSSR count). The molecule has 0 aromatic heterocycles. The SMILES string of the molecule is C=C1OC(c2ccccc2)=NC1c1ccc(OC)cc1. The highest BCUT2D eigenvalue weighted by Gasteiger charge is 2.25. The van der Waals surface area contributed by atoms with Crippen molar-refractivity contribution in [1.29, 1.82) is 0 Å². The second-order valence-electron chi connectivity index (χ2n) is 4.54. The zero-order valence-corrected chi connectivity index (χ0v) is 11.2. The lowest BCUT2D eigenvalue weighted by Crippen LogP contribution is -1.99. The van der Waals surface area contributed by atoms with E-state index in [9.17, 15) is 0 Å². The molecule has 0 N–H and O–H groups in total. The summed E-state index contributed by atoms with van der Waals surface area (Å²) in [5, 5.41) is 0. The van der Waals surface area contributed by atoms with Gasteiger partial charge in [0, 0.05) is 5.56 Å². The van der Waals surface area contributed by atoms with Gasteiger partial charge in [-0.25, -0.2) is 4.99 Å². The highest BCUT2D eigenvalue weighted by Crippen LogP contribution is 2.33. The molecule has 0 bridgehead atoms. The zero-order chi connectivity index (χ0) is 13.9. The second-order valence-corrected chi connectivity index (χ2v) is 4.54. The highest BCUT2D eigenvalue weighted by molar-refractivity contribution is 5.96. The minimum absolute atomic E-state index is 0.156. The first-order valence-electron chi connectivity index (χ1n) is 6.42. The normalized spacial score (nSPS) is 17.6. The van der Waals surface area contributed by atoms with Crippen molar-refractivity contribution in [3.63, 3.8) is 0 Å². The Morgan fingerprint density at radius 2 is 1.75 bits per heavy atom. The van der Waals surface area contributed by atoms with Crippen LogP contribution in [0.25, 0.3) is 0 Å². The summed E-state index contributed by atoms with van der Waals surface area (Å²) in [4.78, 5) is 4.62. The van der Waals surface area contributed by atoms with Crippen molar-refractivity contribution in [2.45, 2.75) is 6.04 Å². The van der Waals surface area contributed by atoms with Crippen LogP contribution in [0.15, 0.2) is 71.9 Å². The number of benzene rings is 2. The lowest BCUT2D eigenvalue weighted by Gasteiger charge is -2.08.